The van der Waals surface area contributed by atoms with Gasteiger partial charge in [-0.15, -0.1) is 6.58 Å². The third kappa shape index (κ3) is 16.2. The predicted octanol–water partition coefficient (Wildman–Crippen LogP) is 5.69. The van der Waals surface area contributed by atoms with Crippen LogP contribution in [0.15, 0.2) is 61.3 Å². The molecule has 0 bridgehead atoms. The van der Waals surface area contributed by atoms with Crippen LogP contribution in [0.5, 0.6) is 0 Å². The van der Waals surface area contributed by atoms with Gasteiger partial charge in [-0.2, -0.15) is 0 Å². The number of carbonyl (C=O) groups is 1. The predicted molar refractivity (Wildman–Crippen MR) is 95.7 cm³/mol. The van der Waals surface area contributed by atoms with Gasteiger partial charge >= 0.3 is 5.97 Å². The summed E-state index contributed by atoms with van der Waals surface area (Å²) < 4.78 is 4.87. The van der Waals surface area contributed by atoms with Crippen molar-refractivity contribution >= 4 is 5.97 Å². The molecule has 2 heteroatoms. The first-order valence-electron chi connectivity index (χ1n) is 8.17. The maximum Gasteiger partial charge on any atom is 0.305 e. The minimum absolute atomic E-state index is 0.0954. The molecule has 22 heavy (non-hydrogen) atoms. The molecular formula is C20H30O2. The number of carbonyl (C=O) groups excluding carboxylic acids is 1. The van der Waals surface area contributed by atoms with E-state index in [4.69, 9.17) is 4.74 Å². The molecule has 0 fully saturated rings. The van der Waals surface area contributed by atoms with Crippen LogP contribution in [0.25, 0.3) is 0 Å². The van der Waals surface area contributed by atoms with E-state index in [9.17, 15) is 4.79 Å². The molecule has 0 aliphatic rings. The number of ether oxygens (including phenoxy) is 1. The summed E-state index contributed by atoms with van der Waals surface area (Å²) in [4.78, 5) is 11.1. The lowest BCUT2D eigenvalue weighted by molar-refractivity contribution is -0.143. The second kappa shape index (κ2) is 17.2. The van der Waals surface area contributed by atoms with Crippen molar-refractivity contribution in [3.63, 3.8) is 0 Å². The number of allylic oxidation sites excluding steroid dienone is 9. The zero-order valence-corrected chi connectivity index (χ0v) is 13.9. The normalized spacial score (nSPS) is 12.0. The van der Waals surface area contributed by atoms with E-state index >= 15 is 0 Å². The zero-order chi connectivity index (χ0) is 16.3. The number of unbranched alkanes of at least 4 members (excludes halogenated alkanes) is 1. The van der Waals surface area contributed by atoms with E-state index in [-0.39, 0.29) is 5.97 Å². The first-order chi connectivity index (χ1) is 10.8. The maximum atomic E-state index is 11.1. The molecule has 0 saturated heterocycles. The molecule has 0 aromatic heterocycles. The Morgan fingerprint density at radius 3 is 1.86 bits per heavy atom. The molecular weight excluding hydrogens is 272 g/mol. The first kappa shape index (κ1) is 20.2. The zero-order valence-electron chi connectivity index (χ0n) is 13.9. The van der Waals surface area contributed by atoms with E-state index in [0.717, 1.165) is 38.5 Å². The first-order valence-corrected chi connectivity index (χ1v) is 8.17. The highest BCUT2D eigenvalue weighted by Crippen LogP contribution is 2.00. The van der Waals surface area contributed by atoms with E-state index in [1.54, 1.807) is 0 Å². The van der Waals surface area contributed by atoms with Crippen molar-refractivity contribution < 1.29 is 9.53 Å². The summed E-state index contributed by atoms with van der Waals surface area (Å²) >= 11 is 0. The maximum absolute atomic E-state index is 11.1. The summed E-state index contributed by atoms with van der Waals surface area (Å²) in [6, 6.07) is 0. The van der Waals surface area contributed by atoms with Gasteiger partial charge in [0.15, 0.2) is 0 Å². The molecule has 0 heterocycles. The summed E-state index contributed by atoms with van der Waals surface area (Å²) in [6.45, 7) is 5.97. The van der Waals surface area contributed by atoms with E-state index in [1.165, 1.54) is 0 Å². The number of hydrogen-bond donors (Lipinski definition) is 0. The van der Waals surface area contributed by atoms with Gasteiger partial charge in [-0.1, -0.05) is 54.7 Å². The Morgan fingerprint density at radius 1 is 0.864 bits per heavy atom. The van der Waals surface area contributed by atoms with Crippen molar-refractivity contribution in [3.8, 4) is 0 Å². The van der Waals surface area contributed by atoms with Crippen LogP contribution in [0.4, 0.5) is 0 Å². The van der Waals surface area contributed by atoms with Crippen LogP contribution in [0.2, 0.25) is 0 Å². The van der Waals surface area contributed by atoms with Crippen molar-refractivity contribution in [2.24, 2.45) is 0 Å². The summed E-state index contributed by atoms with van der Waals surface area (Å²) in [5.74, 6) is -0.0954. The molecule has 0 aliphatic heterocycles. The van der Waals surface area contributed by atoms with Crippen LogP contribution in [-0.2, 0) is 9.53 Å². The Balaban J connectivity index is 3.46. The number of hydrogen-bond acceptors (Lipinski definition) is 2. The van der Waals surface area contributed by atoms with Gasteiger partial charge in [0.2, 0.25) is 0 Å². The molecule has 0 N–H and O–H groups in total. The molecule has 0 rings (SSSR count). The minimum atomic E-state index is -0.0954. The molecule has 122 valence electrons. The highest BCUT2D eigenvalue weighted by molar-refractivity contribution is 5.69. The summed E-state index contributed by atoms with van der Waals surface area (Å²) in [6.07, 6.45) is 25.3. The fourth-order valence-corrected chi connectivity index (χ4v) is 1.72. The van der Waals surface area contributed by atoms with Gasteiger partial charge in [-0.25, -0.2) is 0 Å². The molecule has 0 aliphatic carbocycles. The van der Waals surface area contributed by atoms with Gasteiger partial charge in [0.05, 0.1) is 6.61 Å². The lowest BCUT2D eigenvalue weighted by atomic mass is 10.2. The summed E-state index contributed by atoms with van der Waals surface area (Å²) in [5.41, 5.74) is 0. The fraction of sp³-hybridized carbons (Fsp3) is 0.450. The Hall–Kier alpha value is -1.83. The van der Waals surface area contributed by atoms with Crippen molar-refractivity contribution in [1.29, 1.82) is 0 Å². The average Bonchev–Trinajstić information content (AvgIpc) is 2.51. The highest BCUT2D eigenvalue weighted by Gasteiger charge is 1.98. The number of rotatable bonds is 13. The molecule has 0 radical (unpaired) electrons. The van der Waals surface area contributed by atoms with E-state index in [2.05, 4.69) is 55.2 Å². The Bertz CT molecular complexity index is 387. The third-order valence-electron chi connectivity index (χ3n) is 2.84. The smallest absolute Gasteiger partial charge is 0.305 e. The molecule has 0 aromatic carbocycles. The van der Waals surface area contributed by atoms with E-state index in [0.29, 0.717) is 13.0 Å². The van der Waals surface area contributed by atoms with Gasteiger partial charge in [0.1, 0.15) is 0 Å². The van der Waals surface area contributed by atoms with Crippen molar-refractivity contribution in [2.75, 3.05) is 6.61 Å². The molecule has 0 saturated carbocycles. The Morgan fingerprint density at radius 2 is 1.36 bits per heavy atom. The van der Waals surface area contributed by atoms with Gasteiger partial charge in [-0.3, -0.25) is 4.79 Å². The van der Waals surface area contributed by atoms with Crippen LogP contribution < -0.4 is 0 Å². The van der Waals surface area contributed by atoms with Crippen molar-refractivity contribution in [2.45, 2.75) is 51.9 Å². The molecule has 0 spiro atoms. The second-order valence-corrected chi connectivity index (χ2v) is 4.81. The Kier molecular flexibility index (Phi) is 15.8. The highest BCUT2D eigenvalue weighted by atomic mass is 16.5. The van der Waals surface area contributed by atoms with Gasteiger partial charge in [-0.05, 0) is 45.4 Å². The van der Waals surface area contributed by atoms with E-state index in [1.807, 2.05) is 13.0 Å². The molecule has 2 nitrogen and oxygen atoms in total. The Labute approximate surface area is 136 Å². The van der Waals surface area contributed by atoms with Gasteiger partial charge in [0, 0.05) is 6.42 Å². The monoisotopic (exact) mass is 302 g/mol. The van der Waals surface area contributed by atoms with Crippen LogP contribution in [0.1, 0.15) is 51.9 Å². The quantitative estimate of drug-likeness (QED) is 0.248. The minimum Gasteiger partial charge on any atom is -0.466 e. The molecule has 0 atom stereocenters. The second-order valence-electron chi connectivity index (χ2n) is 4.81. The summed E-state index contributed by atoms with van der Waals surface area (Å²) in [7, 11) is 0. The summed E-state index contributed by atoms with van der Waals surface area (Å²) in [5, 5.41) is 0. The largest absolute Gasteiger partial charge is 0.466 e. The lowest BCUT2D eigenvalue weighted by Gasteiger charge is -1.98. The van der Waals surface area contributed by atoms with Crippen LogP contribution in [0.3, 0.4) is 0 Å². The van der Waals surface area contributed by atoms with E-state index < -0.39 is 0 Å². The average molecular weight is 302 g/mol. The topological polar surface area (TPSA) is 26.3 Å². The van der Waals surface area contributed by atoms with Crippen molar-refractivity contribution in [3.05, 3.63) is 61.3 Å². The molecule has 0 amide bonds. The van der Waals surface area contributed by atoms with Crippen LogP contribution in [0, 0.1) is 0 Å². The van der Waals surface area contributed by atoms with Crippen LogP contribution >= 0.6 is 0 Å². The van der Waals surface area contributed by atoms with Gasteiger partial charge in [0.25, 0.3) is 0 Å². The fourth-order valence-electron chi connectivity index (χ4n) is 1.72. The van der Waals surface area contributed by atoms with Crippen LogP contribution in [-0.4, -0.2) is 12.6 Å². The molecule has 0 aromatic rings. The standard InChI is InChI=1S/C20H30O2/c1-3-5-6-7-8-9-10-11-12-13-14-15-16-17-18-19-20(21)22-4-2/h3,6-7,9-10,12-13,15-16H,1,4-5,8,11,14,17-19H2,2H3/b7-6-,10-9-,13-12-,16-15-. The number of esters is 1. The molecule has 0 unspecified atom stereocenters. The third-order valence-corrected chi connectivity index (χ3v) is 2.84. The SMILES string of the molecule is C=CC/C=C\C/C=C\C/C=C\C/C=C\CCCC(=O)OCC. The lowest BCUT2D eigenvalue weighted by Crippen LogP contribution is -2.02. The van der Waals surface area contributed by atoms with Gasteiger partial charge < -0.3 is 4.74 Å². The van der Waals surface area contributed by atoms with Crippen molar-refractivity contribution in [1.82, 2.24) is 0 Å².